The Morgan fingerprint density at radius 3 is 2.35 bits per heavy atom. The van der Waals surface area contributed by atoms with Crippen LogP contribution in [0.2, 0.25) is 0 Å². The first-order chi connectivity index (χ1) is 9.47. The van der Waals surface area contributed by atoms with Gasteiger partial charge in [0.25, 0.3) is 5.91 Å². The smallest absolute Gasteiger partial charge is 0.254 e. The fraction of sp³-hybridized carbons (Fsp3) is 0.133. The van der Waals surface area contributed by atoms with E-state index in [0.717, 1.165) is 10.0 Å². The van der Waals surface area contributed by atoms with E-state index in [2.05, 4.69) is 37.2 Å². The van der Waals surface area contributed by atoms with Crippen LogP contribution >= 0.6 is 31.9 Å². The van der Waals surface area contributed by atoms with Crippen LogP contribution in [0.15, 0.2) is 51.4 Å². The van der Waals surface area contributed by atoms with Gasteiger partial charge >= 0.3 is 0 Å². The second kappa shape index (κ2) is 6.50. The van der Waals surface area contributed by atoms with E-state index in [0.29, 0.717) is 4.47 Å². The van der Waals surface area contributed by atoms with Gasteiger partial charge < -0.3 is 5.32 Å². The molecule has 1 amide bonds. The second-order valence-corrected chi connectivity index (χ2v) is 6.20. The predicted octanol–water partition coefficient (Wildman–Crippen LogP) is 4.84. The molecule has 0 aliphatic carbocycles. The first-order valence-electron chi connectivity index (χ1n) is 5.99. The molecule has 0 fully saturated rings. The lowest BCUT2D eigenvalue weighted by Crippen LogP contribution is -2.27. The van der Waals surface area contributed by atoms with Crippen LogP contribution in [0.25, 0.3) is 0 Å². The average molecular weight is 401 g/mol. The van der Waals surface area contributed by atoms with Crippen molar-refractivity contribution in [1.29, 1.82) is 0 Å². The molecule has 20 heavy (non-hydrogen) atoms. The van der Waals surface area contributed by atoms with Crippen molar-refractivity contribution in [3.8, 4) is 0 Å². The van der Waals surface area contributed by atoms with E-state index >= 15 is 0 Å². The third-order valence-corrected chi connectivity index (χ3v) is 3.91. The molecule has 2 rings (SSSR count). The zero-order chi connectivity index (χ0) is 14.7. The number of hydrogen-bond donors (Lipinski definition) is 1. The minimum Gasteiger partial charge on any atom is -0.345 e. The molecular formula is C15H12Br2FNO. The molecule has 0 saturated heterocycles. The van der Waals surface area contributed by atoms with Crippen molar-refractivity contribution >= 4 is 37.8 Å². The summed E-state index contributed by atoms with van der Waals surface area (Å²) < 4.78 is 15.3. The molecule has 5 heteroatoms. The molecule has 0 aliphatic rings. The lowest BCUT2D eigenvalue weighted by molar-refractivity contribution is 0.0935. The second-order valence-electron chi connectivity index (χ2n) is 4.37. The number of nitrogens with one attached hydrogen (secondary N) is 1. The first-order valence-corrected chi connectivity index (χ1v) is 7.57. The van der Waals surface area contributed by atoms with Crippen molar-refractivity contribution < 1.29 is 9.18 Å². The number of carbonyl (C=O) groups is 1. The summed E-state index contributed by atoms with van der Waals surface area (Å²) in [6.07, 6.45) is 0. The normalized spacial score (nSPS) is 12.0. The van der Waals surface area contributed by atoms with Gasteiger partial charge in [-0.05, 0) is 42.8 Å². The van der Waals surface area contributed by atoms with Crippen LogP contribution in [0.3, 0.4) is 0 Å². The highest BCUT2D eigenvalue weighted by molar-refractivity contribution is 9.10. The standard InChI is InChI=1S/C15H12Br2FNO/c1-9(10-2-4-11(16)5-3-10)19-15(20)13-8-12(17)6-7-14(13)18/h2-9H,1H3,(H,19,20). The zero-order valence-electron chi connectivity index (χ0n) is 10.7. The highest BCUT2D eigenvalue weighted by atomic mass is 79.9. The Balaban J connectivity index is 2.15. The molecule has 0 radical (unpaired) electrons. The van der Waals surface area contributed by atoms with Crippen molar-refractivity contribution in [1.82, 2.24) is 5.32 Å². The quantitative estimate of drug-likeness (QED) is 0.784. The minimum absolute atomic E-state index is 0.0309. The van der Waals surface area contributed by atoms with Crippen LogP contribution in [0.4, 0.5) is 4.39 Å². The molecule has 2 nitrogen and oxygen atoms in total. The van der Waals surface area contributed by atoms with Crippen molar-refractivity contribution in [2.75, 3.05) is 0 Å². The molecule has 2 aromatic rings. The average Bonchev–Trinajstić information content (AvgIpc) is 2.42. The number of amides is 1. The highest BCUT2D eigenvalue weighted by Crippen LogP contribution is 2.19. The number of rotatable bonds is 3. The number of benzene rings is 2. The molecule has 0 spiro atoms. The molecule has 0 aliphatic heterocycles. The summed E-state index contributed by atoms with van der Waals surface area (Å²) in [5.41, 5.74) is 0.986. The van der Waals surface area contributed by atoms with Crippen LogP contribution in [0.1, 0.15) is 28.9 Å². The number of hydrogen-bond acceptors (Lipinski definition) is 1. The summed E-state index contributed by atoms with van der Waals surface area (Å²) in [6, 6.07) is 11.7. The Morgan fingerprint density at radius 2 is 1.70 bits per heavy atom. The van der Waals surface area contributed by atoms with E-state index in [1.807, 2.05) is 31.2 Å². The first kappa shape index (κ1) is 15.2. The van der Waals surface area contributed by atoms with Gasteiger partial charge in [-0.3, -0.25) is 4.79 Å². The molecule has 1 unspecified atom stereocenters. The Bertz CT molecular complexity index is 628. The van der Waals surface area contributed by atoms with E-state index in [4.69, 9.17) is 0 Å². The molecule has 1 N–H and O–H groups in total. The fourth-order valence-corrected chi connectivity index (χ4v) is 2.41. The van der Waals surface area contributed by atoms with Crippen molar-refractivity contribution in [3.63, 3.8) is 0 Å². The van der Waals surface area contributed by atoms with Gasteiger partial charge in [-0.2, -0.15) is 0 Å². The summed E-state index contributed by atoms with van der Waals surface area (Å²) in [5, 5.41) is 2.78. The van der Waals surface area contributed by atoms with Gasteiger partial charge in [-0.1, -0.05) is 44.0 Å². The maximum absolute atomic E-state index is 13.6. The van der Waals surface area contributed by atoms with Crippen molar-refractivity contribution in [3.05, 3.63) is 68.4 Å². The van der Waals surface area contributed by atoms with Gasteiger partial charge in [0, 0.05) is 8.95 Å². The van der Waals surface area contributed by atoms with Crippen molar-refractivity contribution in [2.24, 2.45) is 0 Å². The third kappa shape index (κ3) is 3.67. The Hall–Kier alpha value is -1.20. The predicted molar refractivity (Wildman–Crippen MR) is 84.1 cm³/mol. The summed E-state index contributed by atoms with van der Waals surface area (Å²) in [7, 11) is 0. The van der Waals surface area contributed by atoms with Crippen LogP contribution in [0.5, 0.6) is 0 Å². The van der Waals surface area contributed by atoms with E-state index < -0.39 is 11.7 Å². The van der Waals surface area contributed by atoms with Gasteiger partial charge in [0.2, 0.25) is 0 Å². The molecule has 2 aromatic carbocycles. The van der Waals surface area contributed by atoms with Gasteiger partial charge in [0.05, 0.1) is 11.6 Å². The molecule has 104 valence electrons. The van der Waals surface area contributed by atoms with E-state index in [9.17, 15) is 9.18 Å². The lowest BCUT2D eigenvalue weighted by Gasteiger charge is -2.15. The maximum atomic E-state index is 13.6. The van der Waals surface area contributed by atoms with Crippen molar-refractivity contribution in [2.45, 2.75) is 13.0 Å². The number of carbonyl (C=O) groups excluding carboxylic acids is 1. The molecule has 0 aromatic heterocycles. The minimum atomic E-state index is -0.534. The molecule has 1 atom stereocenters. The Labute approximate surface area is 133 Å². The van der Waals surface area contributed by atoms with Gasteiger partial charge in [-0.15, -0.1) is 0 Å². The molecule has 0 bridgehead atoms. The van der Waals surface area contributed by atoms with Crippen LogP contribution in [-0.2, 0) is 0 Å². The maximum Gasteiger partial charge on any atom is 0.254 e. The summed E-state index contributed by atoms with van der Waals surface area (Å²) in [4.78, 5) is 12.1. The molecular weight excluding hydrogens is 389 g/mol. The monoisotopic (exact) mass is 399 g/mol. The fourth-order valence-electron chi connectivity index (χ4n) is 1.78. The number of halogens is 3. The van der Waals surface area contributed by atoms with Crippen LogP contribution < -0.4 is 5.32 Å². The molecule has 0 saturated carbocycles. The van der Waals surface area contributed by atoms with Crippen LogP contribution in [-0.4, -0.2) is 5.91 Å². The van der Waals surface area contributed by atoms with E-state index in [1.54, 1.807) is 6.07 Å². The largest absolute Gasteiger partial charge is 0.345 e. The van der Waals surface area contributed by atoms with E-state index in [-0.39, 0.29) is 11.6 Å². The van der Waals surface area contributed by atoms with Gasteiger partial charge in [-0.25, -0.2) is 4.39 Å². The van der Waals surface area contributed by atoms with Crippen LogP contribution in [0, 0.1) is 5.82 Å². The Kier molecular flexibility index (Phi) is 4.94. The van der Waals surface area contributed by atoms with Gasteiger partial charge in [0.15, 0.2) is 0 Å². The molecule has 0 heterocycles. The SMILES string of the molecule is CC(NC(=O)c1cc(Br)ccc1F)c1ccc(Br)cc1. The third-order valence-electron chi connectivity index (χ3n) is 2.89. The van der Waals surface area contributed by atoms with Gasteiger partial charge in [0.1, 0.15) is 5.82 Å². The zero-order valence-corrected chi connectivity index (χ0v) is 13.8. The lowest BCUT2D eigenvalue weighted by atomic mass is 10.1. The summed E-state index contributed by atoms with van der Waals surface area (Å²) >= 11 is 6.59. The summed E-state index contributed by atoms with van der Waals surface area (Å²) in [5.74, 6) is -0.965. The topological polar surface area (TPSA) is 29.1 Å². The summed E-state index contributed by atoms with van der Waals surface area (Å²) in [6.45, 7) is 1.86. The highest BCUT2D eigenvalue weighted by Gasteiger charge is 2.15. The van der Waals surface area contributed by atoms with E-state index in [1.165, 1.54) is 12.1 Å². The Morgan fingerprint density at radius 1 is 1.10 bits per heavy atom.